The molecule has 2 aromatic heterocycles. The van der Waals surface area contributed by atoms with Crippen molar-refractivity contribution >= 4 is 11.6 Å². The first-order chi connectivity index (χ1) is 11.8. The molecular weight excluding hydrogens is 296 g/mol. The van der Waals surface area contributed by atoms with Crippen LogP contribution in [0.15, 0.2) is 42.6 Å². The molecule has 4 nitrogen and oxygen atoms in total. The van der Waals surface area contributed by atoms with Crippen molar-refractivity contribution in [2.45, 2.75) is 38.6 Å². The number of nitrogens with zero attached hydrogens (tertiary/aromatic N) is 4. The minimum absolute atomic E-state index is 0.675. The number of hydrogen-bond acceptors (Lipinski definition) is 3. The second kappa shape index (κ2) is 5.33. The average molecular weight is 318 g/mol. The number of anilines is 1. The fourth-order valence-electron chi connectivity index (χ4n) is 3.50. The second-order valence-electron chi connectivity index (χ2n) is 7.29. The molecule has 2 aliphatic rings. The second-order valence-corrected chi connectivity index (χ2v) is 7.29. The van der Waals surface area contributed by atoms with Gasteiger partial charge in [-0.15, -0.1) is 10.2 Å². The van der Waals surface area contributed by atoms with Gasteiger partial charge in [-0.2, -0.15) is 0 Å². The summed E-state index contributed by atoms with van der Waals surface area (Å²) in [4.78, 5) is 2.49. The standard InChI is InChI=1S/C20H22N4/c1-14-4-2-3-5-18(14)16-10-11-23-19(12-16)21-22-20(23)24(17-8-9-17)13-15-6-7-15/h2-5,10-12,15,17H,6-9,13H2,1H3. The predicted octanol–water partition coefficient (Wildman–Crippen LogP) is 4.08. The number of aryl methyl sites for hydroxylation is 1. The maximum absolute atomic E-state index is 4.53. The van der Waals surface area contributed by atoms with Gasteiger partial charge in [-0.25, -0.2) is 0 Å². The molecule has 24 heavy (non-hydrogen) atoms. The quantitative estimate of drug-likeness (QED) is 0.710. The van der Waals surface area contributed by atoms with Gasteiger partial charge >= 0.3 is 0 Å². The van der Waals surface area contributed by atoms with Crippen LogP contribution in [0.3, 0.4) is 0 Å². The highest BCUT2D eigenvalue weighted by Crippen LogP contribution is 2.37. The van der Waals surface area contributed by atoms with Crippen molar-refractivity contribution in [1.82, 2.24) is 14.6 Å². The van der Waals surface area contributed by atoms with Crippen molar-refractivity contribution in [2.75, 3.05) is 11.4 Å². The average Bonchev–Trinajstić information content (AvgIpc) is 3.51. The van der Waals surface area contributed by atoms with E-state index in [0.29, 0.717) is 6.04 Å². The highest BCUT2D eigenvalue weighted by molar-refractivity contribution is 5.70. The number of hydrogen-bond donors (Lipinski definition) is 0. The summed E-state index contributed by atoms with van der Waals surface area (Å²) >= 11 is 0. The molecule has 0 unspecified atom stereocenters. The SMILES string of the molecule is Cc1ccccc1-c1ccn2c(N(CC3CC3)C3CC3)nnc2c1. The topological polar surface area (TPSA) is 33.4 Å². The summed E-state index contributed by atoms with van der Waals surface area (Å²) in [5.74, 6) is 1.89. The Hall–Kier alpha value is -2.36. The Labute approximate surface area is 142 Å². The van der Waals surface area contributed by atoms with Crippen LogP contribution in [0.5, 0.6) is 0 Å². The van der Waals surface area contributed by atoms with Gasteiger partial charge in [-0.3, -0.25) is 4.40 Å². The van der Waals surface area contributed by atoms with Gasteiger partial charge in [0.15, 0.2) is 5.65 Å². The Balaban J connectivity index is 1.54. The van der Waals surface area contributed by atoms with Crippen molar-refractivity contribution < 1.29 is 0 Å². The summed E-state index contributed by atoms with van der Waals surface area (Å²) in [6.45, 7) is 3.30. The van der Waals surface area contributed by atoms with Gasteiger partial charge < -0.3 is 4.90 Å². The first-order valence-electron chi connectivity index (χ1n) is 8.97. The highest BCUT2D eigenvalue weighted by Gasteiger charge is 2.36. The lowest BCUT2D eigenvalue weighted by Crippen LogP contribution is -2.29. The molecule has 0 spiro atoms. The normalized spacial score (nSPS) is 17.4. The Morgan fingerprint density at radius 3 is 2.67 bits per heavy atom. The molecular formula is C20H22N4. The van der Waals surface area contributed by atoms with Crippen LogP contribution in [0.25, 0.3) is 16.8 Å². The van der Waals surface area contributed by atoms with E-state index in [2.05, 4.69) is 69.0 Å². The van der Waals surface area contributed by atoms with E-state index in [1.807, 2.05) is 0 Å². The molecule has 122 valence electrons. The monoisotopic (exact) mass is 318 g/mol. The number of fused-ring (bicyclic) bond motifs is 1. The van der Waals surface area contributed by atoms with Gasteiger partial charge in [0.2, 0.25) is 5.95 Å². The zero-order valence-electron chi connectivity index (χ0n) is 14.0. The summed E-state index contributed by atoms with van der Waals surface area (Å²) in [6, 6.07) is 13.5. The summed E-state index contributed by atoms with van der Waals surface area (Å²) in [5, 5.41) is 9.00. The van der Waals surface area contributed by atoms with Crippen LogP contribution < -0.4 is 4.90 Å². The Kier molecular flexibility index (Phi) is 3.12. The predicted molar refractivity (Wildman–Crippen MR) is 96.3 cm³/mol. The molecule has 0 amide bonds. The number of aromatic nitrogens is 3. The molecule has 0 bridgehead atoms. The molecule has 0 radical (unpaired) electrons. The van der Waals surface area contributed by atoms with E-state index in [1.165, 1.54) is 42.4 Å². The third-order valence-electron chi connectivity index (χ3n) is 5.24. The van der Waals surface area contributed by atoms with Gasteiger partial charge in [0.1, 0.15) is 0 Å². The number of benzene rings is 1. The summed E-state index contributed by atoms with van der Waals surface area (Å²) in [5.41, 5.74) is 4.70. The van der Waals surface area contributed by atoms with Crippen molar-refractivity contribution in [3.8, 4) is 11.1 Å². The van der Waals surface area contributed by atoms with Crippen LogP contribution >= 0.6 is 0 Å². The van der Waals surface area contributed by atoms with Crippen molar-refractivity contribution in [2.24, 2.45) is 5.92 Å². The van der Waals surface area contributed by atoms with Gasteiger partial charge in [0.05, 0.1) is 0 Å². The van der Waals surface area contributed by atoms with Crippen molar-refractivity contribution in [3.63, 3.8) is 0 Å². The van der Waals surface area contributed by atoms with Crippen LogP contribution in [0.1, 0.15) is 31.2 Å². The van der Waals surface area contributed by atoms with Crippen LogP contribution in [0, 0.1) is 12.8 Å². The Morgan fingerprint density at radius 1 is 1.08 bits per heavy atom. The number of rotatable bonds is 5. The fraction of sp³-hybridized carbons (Fsp3) is 0.400. The molecule has 5 rings (SSSR count). The van der Waals surface area contributed by atoms with E-state index < -0.39 is 0 Å². The molecule has 0 aliphatic heterocycles. The lowest BCUT2D eigenvalue weighted by atomic mass is 10.0. The largest absolute Gasteiger partial charge is 0.337 e. The Bertz CT molecular complexity index is 890. The minimum Gasteiger partial charge on any atom is -0.337 e. The van der Waals surface area contributed by atoms with Gasteiger partial charge in [0, 0.05) is 18.8 Å². The third kappa shape index (κ3) is 2.46. The zero-order chi connectivity index (χ0) is 16.1. The van der Waals surface area contributed by atoms with E-state index >= 15 is 0 Å². The fourth-order valence-corrected chi connectivity index (χ4v) is 3.50. The van der Waals surface area contributed by atoms with E-state index in [9.17, 15) is 0 Å². The lowest BCUT2D eigenvalue weighted by molar-refractivity contribution is 0.693. The van der Waals surface area contributed by atoms with Crippen LogP contribution in [-0.2, 0) is 0 Å². The lowest BCUT2D eigenvalue weighted by Gasteiger charge is -2.22. The first-order valence-corrected chi connectivity index (χ1v) is 8.97. The molecule has 0 saturated heterocycles. The number of pyridine rings is 1. The zero-order valence-corrected chi connectivity index (χ0v) is 14.0. The van der Waals surface area contributed by atoms with E-state index in [1.54, 1.807) is 0 Å². The molecule has 2 fully saturated rings. The first kappa shape index (κ1) is 14.0. The minimum atomic E-state index is 0.675. The van der Waals surface area contributed by atoms with Crippen molar-refractivity contribution in [3.05, 3.63) is 48.2 Å². The molecule has 2 saturated carbocycles. The van der Waals surface area contributed by atoms with E-state index in [4.69, 9.17) is 0 Å². The van der Waals surface area contributed by atoms with Crippen LogP contribution in [0.4, 0.5) is 5.95 Å². The molecule has 0 N–H and O–H groups in total. The summed E-state index contributed by atoms with van der Waals surface area (Å²) in [6.07, 6.45) is 7.47. The maximum Gasteiger partial charge on any atom is 0.231 e. The van der Waals surface area contributed by atoms with Gasteiger partial charge in [-0.05, 0) is 67.3 Å². The van der Waals surface area contributed by atoms with Crippen molar-refractivity contribution in [1.29, 1.82) is 0 Å². The third-order valence-corrected chi connectivity index (χ3v) is 5.24. The van der Waals surface area contributed by atoms with E-state index in [0.717, 1.165) is 24.1 Å². The molecule has 0 atom stereocenters. The Morgan fingerprint density at radius 2 is 1.92 bits per heavy atom. The molecule has 2 aliphatic carbocycles. The highest BCUT2D eigenvalue weighted by atomic mass is 15.4. The molecule has 4 heteroatoms. The molecule has 3 aromatic rings. The summed E-state index contributed by atoms with van der Waals surface area (Å²) < 4.78 is 2.16. The molecule has 2 heterocycles. The summed E-state index contributed by atoms with van der Waals surface area (Å²) in [7, 11) is 0. The van der Waals surface area contributed by atoms with Gasteiger partial charge in [0.25, 0.3) is 0 Å². The molecule has 1 aromatic carbocycles. The van der Waals surface area contributed by atoms with Gasteiger partial charge in [-0.1, -0.05) is 24.3 Å². The van der Waals surface area contributed by atoms with Crippen LogP contribution in [0.2, 0.25) is 0 Å². The maximum atomic E-state index is 4.53. The van der Waals surface area contributed by atoms with Crippen LogP contribution in [-0.4, -0.2) is 27.2 Å². The smallest absolute Gasteiger partial charge is 0.231 e. The van der Waals surface area contributed by atoms with E-state index in [-0.39, 0.29) is 0 Å².